The van der Waals surface area contributed by atoms with Gasteiger partial charge in [-0.25, -0.2) is 0 Å². The van der Waals surface area contributed by atoms with Crippen LogP contribution in [-0.2, 0) is 17.9 Å². The Kier molecular flexibility index (Phi) is 4.37. The molecule has 1 aliphatic heterocycles. The zero-order chi connectivity index (χ0) is 14.5. The molecule has 2 aromatic carbocycles. The summed E-state index contributed by atoms with van der Waals surface area (Å²) in [4.78, 5) is 0. The summed E-state index contributed by atoms with van der Waals surface area (Å²) in [5.74, 6) is 0. The second-order valence-corrected chi connectivity index (χ2v) is 6.29. The summed E-state index contributed by atoms with van der Waals surface area (Å²) in [6.45, 7) is 3.95. The van der Waals surface area contributed by atoms with E-state index in [2.05, 4.69) is 61.6 Å². The number of nitrogens with zero attached hydrogens (tertiary/aromatic N) is 1. The number of ether oxygens (including phenoxy) is 1. The average molecular weight is 282 g/mol. The van der Waals surface area contributed by atoms with Gasteiger partial charge < -0.3 is 9.22 Å². The molecule has 0 bridgehead atoms. The maximum atomic E-state index is 5.94. The van der Waals surface area contributed by atoms with Gasteiger partial charge >= 0.3 is 0 Å². The molecule has 0 radical (unpaired) electrons. The van der Waals surface area contributed by atoms with Gasteiger partial charge in [-0.3, -0.25) is 0 Å². The van der Waals surface area contributed by atoms with Crippen LogP contribution >= 0.6 is 0 Å². The van der Waals surface area contributed by atoms with Crippen LogP contribution in [0.1, 0.15) is 17.5 Å². The Morgan fingerprint density at radius 3 is 2.14 bits per heavy atom. The molecule has 1 saturated heterocycles. The first-order valence-corrected chi connectivity index (χ1v) is 7.76. The van der Waals surface area contributed by atoms with Crippen LogP contribution in [0.3, 0.4) is 0 Å². The Morgan fingerprint density at radius 2 is 1.57 bits per heavy atom. The third kappa shape index (κ3) is 3.52. The minimum absolute atomic E-state index is 0.633. The van der Waals surface area contributed by atoms with Crippen LogP contribution in [0.15, 0.2) is 60.7 Å². The lowest BCUT2D eigenvalue weighted by Gasteiger charge is -2.49. The third-order valence-electron chi connectivity index (χ3n) is 4.66. The molecule has 21 heavy (non-hydrogen) atoms. The fourth-order valence-electron chi connectivity index (χ4n) is 3.11. The van der Waals surface area contributed by atoms with Gasteiger partial charge in [-0.05, 0) is 5.56 Å². The van der Waals surface area contributed by atoms with E-state index in [1.54, 1.807) is 0 Å². The minimum Gasteiger partial charge on any atom is -0.371 e. The Hall–Kier alpha value is -1.64. The maximum Gasteiger partial charge on any atom is 0.118 e. The van der Waals surface area contributed by atoms with Gasteiger partial charge in [-0.15, -0.1) is 0 Å². The summed E-state index contributed by atoms with van der Waals surface area (Å²) >= 11 is 0. The molecular weight excluding hydrogens is 258 g/mol. The van der Waals surface area contributed by atoms with Crippen molar-refractivity contribution in [2.75, 3.05) is 20.2 Å². The predicted octanol–water partition coefficient (Wildman–Crippen LogP) is 3.62. The minimum atomic E-state index is 0.633. The summed E-state index contributed by atoms with van der Waals surface area (Å²) in [6, 6.07) is 21.8. The highest BCUT2D eigenvalue weighted by molar-refractivity contribution is 5.14. The first-order valence-electron chi connectivity index (χ1n) is 7.76. The van der Waals surface area contributed by atoms with E-state index in [0.29, 0.717) is 6.04 Å². The summed E-state index contributed by atoms with van der Waals surface area (Å²) in [5, 5.41) is 0. The van der Waals surface area contributed by atoms with E-state index in [4.69, 9.17) is 4.74 Å². The first-order chi connectivity index (χ1) is 10.3. The van der Waals surface area contributed by atoms with Gasteiger partial charge in [0.15, 0.2) is 0 Å². The molecule has 1 fully saturated rings. The lowest BCUT2D eigenvalue weighted by atomic mass is 9.98. The molecule has 2 heteroatoms. The topological polar surface area (TPSA) is 9.23 Å². The van der Waals surface area contributed by atoms with Crippen molar-refractivity contribution in [3.8, 4) is 0 Å². The monoisotopic (exact) mass is 282 g/mol. The number of benzene rings is 2. The van der Waals surface area contributed by atoms with E-state index in [-0.39, 0.29) is 0 Å². The molecule has 0 spiro atoms. The van der Waals surface area contributed by atoms with Gasteiger partial charge in [-0.2, -0.15) is 0 Å². The number of hydrogen-bond acceptors (Lipinski definition) is 1. The highest BCUT2D eigenvalue weighted by Gasteiger charge is 2.42. The van der Waals surface area contributed by atoms with Crippen LogP contribution in [0.25, 0.3) is 0 Å². The molecular formula is C19H24NO+. The van der Waals surface area contributed by atoms with Gasteiger partial charge in [0.05, 0.1) is 33.2 Å². The summed E-state index contributed by atoms with van der Waals surface area (Å²) < 4.78 is 7.05. The Bertz CT molecular complexity index is 554. The molecule has 2 nitrogen and oxygen atoms in total. The standard InChI is InChI=1S/C19H24NO/c1-20(14-17-8-4-2-5-9-17)13-12-19(20)16-21-15-18-10-6-3-7-11-18/h2-11,19H,12-16H2,1H3/q+1/t19-,20-/m0/s1. The van der Waals surface area contributed by atoms with Crippen molar-refractivity contribution in [1.29, 1.82) is 0 Å². The molecule has 2 aromatic rings. The molecule has 0 N–H and O–H groups in total. The fraction of sp³-hybridized carbons (Fsp3) is 0.368. The normalized spacial score (nSPS) is 24.5. The third-order valence-corrected chi connectivity index (χ3v) is 4.66. The van der Waals surface area contributed by atoms with Gasteiger partial charge in [-0.1, -0.05) is 60.7 Å². The summed E-state index contributed by atoms with van der Waals surface area (Å²) in [7, 11) is 2.35. The van der Waals surface area contributed by atoms with Gasteiger partial charge in [0, 0.05) is 5.56 Å². The smallest absolute Gasteiger partial charge is 0.118 e. The van der Waals surface area contributed by atoms with Crippen molar-refractivity contribution in [2.45, 2.75) is 25.6 Å². The van der Waals surface area contributed by atoms with E-state index < -0.39 is 0 Å². The number of rotatable bonds is 6. The second kappa shape index (κ2) is 6.42. The van der Waals surface area contributed by atoms with Crippen LogP contribution in [0.5, 0.6) is 0 Å². The van der Waals surface area contributed by atoms with Crippen LogP contribution in [0.4, 0.5) is 0 Å². The lowest BCUT2D eigenvalue weighted by molar-refractivity contribution is -0.985. The van der Waals surface area contributed by atoms with E-state index >= 15 is 0 Å². The fourth-order valence-corrected chi connectivity index (χ4v) is 3.11. The molecule has 0 aromatic heterocycles. The summed E-state index contributed by atoms with van der Waals surface area (Å²) in [6.07, 6.45) is 1.28. The van der Waals surface area contributed by atoms with Crippen molar-refractivity contribution in [3.05, 3.63) is 71.8 Å². The highest BCUT2D eigenvalue weighted by atomic mass is 16.5. The number of hydrogen-bond donors (Lipinski definition) is 0. The number of likely N-dealkylation sites (tertiary alicyclic amines) is 1. The SMILES string of the molecule is C[N@@+]1(Cc2ccccc2)CC[C@H]1COCc1ccccc1. The molecule has 2 atom stereocenters. The van der Waals surface area contributed by atoms with Crippen LogP contribution < -0.4 is 0 Å². The number of quaternary nitrogens is 1. The van der Waals surface area contributed by atoms with Crippen LogP contribution in [0, 0.1) is 0 Å². The van der Waals surface area contributed by atoms with E-state index in [1.165, 1.54) is 24.1 Å². The van der Waals surface area contributed by atoms with E-state index in [9.17, 15) is 0 Å². The largest absolute Gasteiger partial charge is 0.371 e. The van der Waals surface area contributed by atoms with Gasteiger partial charge in [0.1, 0.15) is 12.6 Å². The van der Waals surface area contributed by atoms with Gasteiger partial charge in [0.2, 0.25) is 0 Å². The lowest BCUT2D eigenvalue weighted by Crippen LogP contribution is -2.63. The first kappa shape index (κ1) is 14.3. The van der Waals surface area contributed by atoms with Crippen molar-refractivity contribution in [3.63, 3.8) is 0 Å². The molecule has 3 rings (SSSR count). The van der Waals surface area contributed by atoms with E-state index in [0.717, 1.165) is 24.2 Å². The Morgan fingerprint density at radius 1 is 0.952 bits per heavy atom. The molecule has 1 heterocycles. The van der Waals surface area contributed by atoms with Gasteiger partial charge in [0.25, 0.3) is 0 Å². The molecule has 1 aliphatic rings. The maximum absolute atomic E-state index is 5.94. The zero-order valence-corrected chi connectivity index (χ0v) is 12.7. The van der Waals surface area contributed by atoms with E-state index in [1.807, 2.05) is 6.07 Å². The molecule has 0 saturated carbocycles. The quantitative estimate of drug-likeness (QED) is 0.735. The molecule has 0 amide bonds. The van der Waals surface area contributed by atoms with Crippen LogP contribution in [0.2, 0.25) is 0 Å². The van der Waals surface area contributed by atoms with Crippen molar-refractivity contribution >= 4 is 0 Å². The Labute approximate surface area is 127 Å². The summed E-state index contributed by atoms with van der Waals surface area (Å²) in [5.41, 5.74) is 2.68. The van der Waals surface area contributed by atoms with Crippen LogP contribution in [-0.4, -0.2) is 30.7 Å². The predicted molar refractivity (Wildman–Crippen MR) is 85.7 cm³/mol. The zero-order valence-electron chi connectivity index (χ0n) is 12.7. The molecule has 0 unspecified atom stereocenters. The van der Waals surface area contributed by atoms with Crippen molar-refractivity contribution in [2.24, 2.45) is 0 Å². The number of likely N-dealkylation sites (N-methyl/N-ethyl adjacent to an activating group) is 1. The average Bonchev–Trinajstić information content (AvgIpc) is 2.52. The molecule has 0 aliphatic carbocycles. The Balaban J connectivity index is 1.50. The molecule has 110 valence electrons. The highest BCUT2D eigenvalue weighted by Crippen LogP contribution is 2.29. The van der Waals surface area contributed by atoms with Crippen molar-refractivity contribution in [1.82, 2.24) is 0 Å². The second-order valence-electron chi connectivity index (χ2n) is 6.29. The van der Waals surface area contributed by atoms with Crippen molar-refractivity contribution < 1.29 is 9.22 Å².